The highest BCUT2D eigenvalue weighted by Gasteiger charge is 2.06. The number of hydrogen-bond donors (Lipinski definition) is 1. The SMILES string of the molecule is CCOC(=O)CCCCCNC(C)c1nccs1. The molecule has 0 aliphatic carbocycles. The van der Waals surface area contributed by atoms with Crippen molar-refractivity contribution in [3.8, 4) is 0 Å². The van der Waals surface area contributed by atoms with Gasteiger partial charge in [-0.2, -0.15) is 0 Å². The van der Waals surface area contributed by atoms with Crippen LogP contribution in [-0.4, -0.2) is 24.1 Å². The third-order valence-corrected chi connectivity index (χ3v) is 3.59. The monoisotopic (exact) mass is 270 g/mol. The van der Waals surface area contributed by atoms with E-state index < -0.39 is 0 Å². The Balaban J connectivity index is 1.97. The lowest BCUT2D eigenvalue weighted by Crippen LogP contribution is -2.19. The molecule has 0 saturated heterocycles. The molecule has 0 fully saturated rings. The van der Waals surface area contributed by atoms with Crippen molar-refractivity contribution in [2.75, 3.05) is 13.2 Å². The highest BCUT2D eigenvalue weighted by molar-refractivity contribution is 7.09. The van der Waals surface area contributed by atoms with Crippen LogP contribution in [0.25, 0.3) is 0 Å². The van der Waals surface area contributed by atoms with Crippen molar-refractivity contribution >= 4 is 17.3 Å². The van der Waals surface area contributed by atoms with Gasteiger partial charge in [0, 0.05) is 18.0 Å². The van der Waals surface area contributed by atoms with E-state index in [0.29, 0.717) is 19.1 Å². The molecule has 0 aliphatic rings. The molecule has 1 heterocycles. The summed E-state index contributed by atoms with van der Waals surface area (Å²) in [6, 6.07) is 0.315. The first-order valence-corrected chi connectivity index (χ1v) is 7.40. The molecule has 1 N–H and O–H groups in total. The van der Waals surface area contributed by atoms with Crippen molar-refractivity contribution in [2.45, 2.75) is 45.6 Å². The number of nitrogens with zero attached hydrogens (tertiary/aromatic N) is 1. The average Bonchev–Trinajstić information content (AvgIpc) is 2.87. The van der Waals surface area contributed by atoms with E-state index in [1.807, 2.05) is 18.5 Å². The van der Waals surface area contributed by atoms with Crippen molar-refractivity contribution < 1.29 is 9.53 Å². The van der Waals surface area contributed by atoms with Gasteiger partial charge in [-0.1, -0.05) is 6.42 Å². The van der Waals surface area contributed by atoms with E-state index in [1.54, 1.807) is 11.3 Å². The maximum Gasteiger partial charge on any atom is 0.305 e. The van der Waals surface area contributed by atoms with Gasteiger partial charge in [0.05, 0.1) is 12.6 Å². The van der Waals surface area contributed by atoms with E-state index in [9.17, 15) is 4.79 Å². The summed E-state index contributed by atoms with van der Waals surface area (Å²) in [7, 11) is 0. The van der Waals surface area contributed by atoms with Crippen LogP contribution < -0.4 is 5.32 Å². The highest BCUT2D eigenvalue weighted by atomic mass is 32.1. The Morgan fingerprint density at radius 2 is 2.33 bits per heavy atom. The Morgan fingerprint density at radius 3 is 3.00 bits per heavy atom. The Kier molecular flexibility index (Phi) is 7.60. The maximum atomic E-state index is 11.1. The third-order valence-electron chi connectivity index (χ3n) is 2.64. The molecule has 5 heteroatoms. The summed E-state index contributed by atoms with van der Waals surface area (Å²) in [5, 5.41) is 6.55. The van der Waals surface area contributed by atoms with Crippen LogP contribution in [0.5, 0.6) is 0 Å². The largest absolute Gasteiger partial charge is 0.466 e. The van der Waals surface area contributed by atoms with E-state index in [4.69, 9.17) is 4.74 Å². The fourth-order valence-corrected chi connectivity index (χ4v) is 2.33. The minimum atomic E-state index is -0.0818. The van der Waals surface area contributed by atoms with Crippen LogP contribution in [0.1, 0.15) is 50.6 Å². The summed E-state index contributed by atoms with van der Waals surface area (Å²) in [5.74, 6) is -0.0818. The summed E-state index contributed by atoms with van der Waals surface area (Å²) in [6.45, 7) is 5.40. The minimum Gasteiger partial charge on any atom is -0.466 e. The van der Waals surface area contributed by atoms with Crippen LogP contribution in [0.3, 0.4) is 0 Å². The molecule has 1 rings (SSSR count). The molecule has 0 radical (unpaired) electrons. The number of thiazole rings is 1. The molecule has 0 aromatic carbocycles. The molecule has 1 unspecified atom stereocenters. The lowest BCUT2D eigenvalue weighted by atomic mass is 10.2. The quantitative estimate of drug-likeness (QED) is 0.554. The second-order valence-electron chi connectivity index (χ2n) is 4.16. The van der Waals surface area contributed by atoms with Crippen LogP contribution >= 0.6 is 11.3 Å². The number of aromatic nitrogens is 1. The summed E-state index contributed by atoms with van der Waals surface area (Å²) in [4.78, 5) is 15.4. The molecule has 4 nitrogen and oxygen atoms in total. The molecule has 0 amide bonds. The van der Waals surface area contributed by atoms with Crippen molar-refractivity contribution in [1.29, 1.82) is 0 Å². The van der Waals surface area contributed by atoms with Gasteiger partial charge >= 0.3 is 5.97 Å². The molecule has 0 spiro atoms. The van der Waals surface area contributed by atoms with E-state index in [1.165, 1.54) is 0 Å². The summed E-state index contributed by atoms with van der Waals surface area (Å²) >= 11 is 1.67. The van der Waals surface area contributed by atoms with Crippen LogP contribution in [0, 0.1) is 0 Å². The van der Waals surface area contributed by atoms with Gasteiger partial charge in [-0.15, -0.1) is 11.3 Å². The van der Waals surface area contributed by atoms with Crippen molar-refractivity contribution in [3.63, 3.8) is 0 Å². The second kappa shape index (κ2) is 9.05. The third kappa shape index (κ3) is 6.12. The Bertz CT molecular complexity index is 328. The fraction of sp³-hybridized carbons (Fsp3) is 0.692. The van der Waals surface area contributed by atoms with Crippen LogP contribution in [0.15, 0.2) is 11.6 Å². The first-order valence-electron chi connectivity index (χ1n) is 6.52. The number of ether oxygens (including phenoxy) is 1. The second-order valence-corrected chi connectivity index (χ2v) is 5.09. The van der Waals surface area contributed by atoms with Gasteiger partial charge in [-0.05, 0) is 33.2 Å². The summed E-state index contributed by atoms with van der Waals surface area (Å²) in [6.07, 6.45) is 5.41. The number of carbonyl (C=O) groups is 1. The molecule has 102 valence electrons. The highest BCUT2D eigenvalue weighted by Crippen LogP contribution is 2.14. The molecule has 1 aromatic heterocycles. The van der Waals surface area contributed by atoms with Gasteiger partial charge in [0.1, 0.15) is 5.01 Å². The van der Waals surface area contributed by atoms with Gasteiger partial charge in [0.2, 0.25) is 0 Å². The molecule has 0 saturated carbocycles. The first kappa shape index (κ1) is 15.1. The van der Waals surface area contributed by atoms with Crippen molar-refractivity contribution in [2.24, 2.45) is 0 Å². The van der Waals surface area contributed by atoms with Gasteiger partial charge < -0.3 is 10.1 Å². The maximum absolute atomic E-state index is 11.1. The van der Waals surface area contributed by atoms with E-state index in [0.717, 1.165) is 30.8 Å². The number of carbonyl (C=O) groups excluding carboxylic acids is 1. The minimum absolute atomic E-state index is 0.0818. The molecular weight excluding hydrogens is 248 g/mol. The average molecular weight is 270 g/mol. The zero-order chi connectivity index (χ0) is 13.2. The van der Waals surface area contributed by atoms with Gasteiger partial charge in [0.25, 0.3) is 0 Å². The Morgan fingerprint density at radius 1 is 1.50 bits per heavy atom. The molecule has 0 bridgehead atoms. The number of esters is 1. The van der Waals surface area contributed by atoms with E-state index in [-0.39, 0.29) is 5.97 Å². The first-order chi connectivity index (χ1) is 8.74. The Labute approximate surface area is 113 Å². The molecule has 1 aromatic rings. The zero-order valence-electron chi connectivity index (χ0n) is 11.1. The van der Waals surface area contributed by atoms with E-state index in [2.05, 4.69) is 17.2 Å². The summed E-state index contributed by atoms with van der Waals surface area (Å²) < 4.78 is 4.87. The Hall–Kier alpha value is -0.940. The van der Waals surface area contributed by atoms with E-state index >= 15 is 0 Å². The molecule has 1 atom stereocenters. The zero-order valence-corrected chi connectivity index (χ0v) is 12.0. The van der Waals surface area contributed by atoms with Gasteiger partial charge in [-0.3, -0.25) is 4.79 Å². The number of rotatable bonds is 9. The topological polar surface area (TPSA) is 51.2 Å². The lowest BCUT2D eigenvalue weighted by Gasteiger charge is -2.10. The number of unbranched alkanes of at least 4 members (excludes halogenated alkanes) is 2. The fourth-order valence-electron chi connectivity index (χ4n) is 1.66. The molecule has 0 aliphatic heterocycles. The van der Waals surface area contributed by atoms with Crippen molar-refractivity contribution in [3.05, 3.63) is 16.6 Å². The number of nitrogens with one attached hydrogen (secondary N) is 1. The summed E-state index contributed by atoms with van der Waals surface area (Å²) in [5.41, 5.74) is 0. The van der Waals surface area contributed by atoms with Gasteiger partial charge in [-0.25, -0.2) is 4.98 Å². The lowest BCUT2D eigenvalue weighted by molar-refractivity contribution is -0.143. The standard InChI is InChI=1S/C13H22N2O2S/c1-3-17-12(16)7-5-4-6-8-14-11(2)13-15-9-10-18-13/h9-11,14H,3-8H2,1-2H3. The van der Waals surface area contributed by atoms with Crippen molar-refractivity contribution in [1.82, 2.24) is 10.3 Å². The smallest absolute Gasteiger partial charge is 0.305 e. The van der Waals surface area contributed by atoms with Gasteiger partial charge in [0.15, 0.2) is 0 Å². The van der Waals surface area contributed by atoms with Crippen LogP contribution in [0.4, 0.5) is 0 Å². The van der Waals surface area contributed by atoms with Crippen LogP contribution in [-0.2, 0) is 9.53 Å². The number of hydrogen-bond acceptors (Lipinski definition) is 5. The normalized spacial score (nSPS) is 12.3. The van der Waals surface area contributed by atoms with Crippen LogP contribution in [0.2, 0.25) is 0 Å². The predicted octanol–water partition coefficient (Wildman–Crippen LogP) is 2.92. The molecular formula is C13H22N2O2S. The predicted molar refractivity (Wildman–Crippen MR) is 73.6 cm³/mol. The molecule has 18 heavy (non-hydrogen) atoms.